The Bertz CT molecular complexity index is 1680. The van der Waals surface area contributed by atoms with E-state index in [1.54, 1.807) is 30.3 Å². The quantitative estimate of drug-likeness (QED) is 0.0986. The molecule has 1 aliphatic heterocycles. The summed E-state index contributed by atoms with van der Waals surface area (Å²) in [7, 11) is 0. The van der Waals surface area contributed by atoms with Gasteiger partial charge in [0.15, 0.2) is 11.3 Å². The summed E-state index contributed by atoms with van der Waals surface area (Å²) in [5.41, 5.74) is 3.55. The van der Waals surface area contributed by atoms with E-state index in [1.807, 2.05) is 36.4 Å². The lowest BCUT2D eigenvalue weighted by molar-refractivity contribution is -0.128. The summed E-state index contributed by atoms with van der Waals surface area (Å²) < 4.78 is 11.4. The van der Waals surface area contributed by atoms with Gasteiger partial charge in [-0.25, -0.2) is 14.8 Å². The van der Waals surface area contributed by atoms with E-state index in [0.717, 1.165) is 41.1 Å². The van der Waals surface area contributed by atoms with E-state index in [9.17, 15) is 9.59 Å². The fourth-order valence-electron chi connectivity index (χ4n) is 4.30. The number of amides is 1. The van der Waals surface area contributed by atoms with Crippen LogP contribution < -0.4 is 15.0 Å². The predicted molar refractivity (Wildman–Crippen MR) is 144 cm³/mol. The minimum absolute atomic E-state index is 0.318. The zero-order chi connectivity index (χ0) is 25.9. The number of hydrogen-bond acceptors (Lipinski definition) is 6. The van der Waals surface area contributed by atoms with E-state index in [0.29, 0.717) is 33.7 Å². The summed E-state index contributed by atoms with van der Waals surface area (Å²) >= 11 is 0. The molecule has 0 atom stereocenters. The zero-order valence-electron chi connectivity index (χ0n) is 20.6. The maximum atomic E-state index is 13.0. The summed E-state index contributed by atoms with van der Waals surface area (Å²) in [5.74, 6) is -0.135. The van der Waals surface area contributed by atoms with Crippen molar-refractivity contribution in [2.24, 2.45) is 4.99 Å². The van der Waals surface area contributed by atoms with Crippen molar-refractivity contribution in [2.75, 3.05) is 18.0 Å². The molecule has 184 valence electrons. The van der Waals surface area contributed by atoms with Gasteiger partial charge in [-0.1, -0.05) is 30.8 Å². The topological polar surface area (TPSA) is 85.0 Å². The maximum absolute atomic E-state index is 13.0. The molecule has 0 bridgehead atoms. The molecule has 0 spiro atoms. The van der Waals surface area contributed by atoms with Gasteiger partial charge in [0, 0.05) is 53.3 Å². The third-order valence-corrected chi connectivity index (χ3v) is 6.19. The number of carbonyl (C=O) groups is 2. The van der Waals surface area contributed by atoms with Gasteiger partial charge in [0.2, 0.25) is 0 Å². The lowest BCUT2D eigenvalue weighted by Gasteiger charge is -2.21. The number of hydrogen-bond donors (Lipinski definition) is 0. The van der Waals surface area contributed by atoms with Crippen LogP contribution >= 0.6 is 0 Å². The first-order valence-electron chi connectivity index (χ1n) is 12.1. The molecule has 37 heavy (non-hydrogen) atoms. The largest absolute Gasteiger partial charge is 0.453 e. The van der Waals surface area contributed by atoms with Crippen LogP contribution in [0.3, 0.4) is 0 Å². The van der Waals surface area contributed by atoms with Crippen LogP contribution in [0, 0.1) is 0 Å². The summed E-state index contributed by atoms with van der Waals surface area (Å²) in [6.45, 7) is 9.37. The second-order valence-corrected chi connectivity index (χ2v) is 8.39. The van der Waals surface area contributed by atoms with Gasteiger partial charge in [-0.05, 0) is 50.2 Å². The van der Waals surface area contributed by atoms with E-state index >= 15 is 0 Å². The molecule has 0 fully saturated rings. The molecular formula is C30H25N3O4. The monoisotopic (exact) mass is 491 g/mol. The number of fused-ring (bicyclic) bond motifs is 4. The third kappa shape index (κ3) is 4.71. The molecule has 3 aromatic rings. The van der Waals surface area contributed by atoms with Gasteiger partial charge in [-0.15, -0.1) is 0 Å². The standard InChI is InChI=1S/C30H25N3O4/c1-4-28(34)36-21-14-11-19(12-15-21)30(35)32-25-18-27-29(23-10-8-7-9-22(23)25)31-24-16-13-20(17-26(24)37-27)33(5-2)6-3/h4,7-18H,1,5-6H2,2-3H3. The van der Waals surface area contributed by atoms with Crippen LogP contribution in [0.25, 0.3) is 33.3 Å². The summed E-state index contributed by atoms with van der Waals surface area (Å²) in [6, 6.07) is 21.7. The summed E-state index contributed by atoms with van der Waals surface area (Å²) in [6.07, 6.45) is 1.08. The van der Waals surface area contributed by atoms with Crippen LogP contribution in [0.2, 0.25) is 0 Å². The molecule has 5 rings (SSSR count). The van der Waals surface area contributed by atoms with Crippen LogP contribution in [0.5, 0.6) is 5.75 Å². The Morgan fingerprint density at radius 1 is 1.00 bits per heavy atom. The molecule has 7 heteroatoms. The minimum atomic E-state index is -0.569. The van der Waals surface area contributed by atoms with E-state index < -0.39 is 11.9 Å². The Kier molecular flexibility index (Phi) is 6.51. The number of nitrogens with zero attached hydrogens (tertiary/aromatic N) is 3. The lowest BCUT2D eigenvalue weighted by atomic mass is 10.0. The smallest absolute Gasteiger partial charge is 0.335 e. The van der Waals surface area contributed by atoms with Gasteiger partial charge >= 0.3 is 5.97 Å². The molecule has 1 aliphatic carbocycles. The van der Waals surface area contributed by atoms with Crippen molar-refractivity contribution in [1.29, 1.82) is 0 Å². The highest BCUT2D eigenvalue weighted by Gasteiger charge is 2.16. The fourth-order valence-corrected chi connectivity index (χ4v) is 4.30. The number of carbonyl (C=O) groups excluding carboxylic acids is 2. The number of benzene rings is 4. The zero-order valence-corrected chi connectivity index (χ0v) is 20.6. The van der Waals surface area contributed by atoms with E-state index in [2.05, 4.69) is 36.4 Å². The molecule has 2 aliphatic rings. The van der Waals surface area contributed by atoms with E-state index in [4.69, 9.17) is 14.1 Å². The summed E-state index contributed by atoms with van der Waals surface area (Å²) in [4.78, 5) is 36.0. The number of esters is 1. The average Bonchev–Trinajstić information content (AvgIpc) is 2.93. The van der Waals surface area contributed by atoms with Crippen LogP contribution in [0.15, 0.2) is 94.9 Å². The normalized spacial score (nSPS) is 11.7. The molecule has 0 saturated heterocycles. The van der Waals surface area contributed by atoms with Crippen molar-refractivity contribution >= 4 is 39.4 Å². The highest BCUT2D eigenvalue weighted by Crippen LogP contribution is 2.31. The van der Waals surface area contributed by atoms with Crippen molar-refractivity contribution in [1.82, 2.24) is 4.98 Å². The van der Waals surface area contributed by atoms with Gasteiger partial charge < -0.3 is 14.1 Å². The first-order valence-corrected chi connectivity index (χ1v) is 12.1. The molecular weight excluding hydrogens is 466 g/mol. The molecule has 7 nitrogen and oxygen atoms in total. The predicted octanol–water partition coefficient (Wildman–Crippen LogP) is 5.76. The Labute approximate surface area is 213 Å². The Morgan fingerprint density at radius 2 is 1.73 bits per heavy atom. The number of rotatable bonds is 6. The SMILES string of the molecule is C=CC(=O)Oc1ccc(C(=O)N=c2cc3oc4cc(N(CC)CC)ccc4nc-3c3ccccc23)cc1. The van der Waals surface area contributed by atoms with Crippen LogP contribution in [-0.2, 0) is 4.79 Å². The first kappa shape index (κ1) is 23.9. The van der Waals surface area contributed by atoms with E-state index in [1.165, 1.54) is 0 Å². The second-order valence-electron chi connectivity index (χ2n) is 8.39. The fraction of sp³-hybridized carbons (Fsp3) is 0.133. The number of ether oxygens (including phenoxy) is 1. The van der Waals surface area contributed by atoms with Crippen molar-refractivity contribution in [2.45, 2.75) is 13.8 Å². The molecule has 0 N–H and O–H groups in total. The number of aromatic nitrogens is 1. The lowest BCUT2D eigenvalue weighted by Crippen LogP contribution is -2.21. The second kappa shape index (κ2) is 10.1. The van der Waals surface area contributed by atoms with Gasteiger partial charge in [-0.3, -0.25) is 4.79 Å². The van der Waals surface area contributed by atoms with Crippen molar-refractivity contribution < 1.29 is 18.7 Å². The van der Waals surface area contributed by atoms with Crippen LogP contribution in [0.4, 0.5) is 5.69 Å². The minimum Gasteiger partial charge on any atom is -0.453 e. The summed E-state index contributed by atoms with van der Waals surface area (Å²) in [5, 5.41) is 2.12. The van der Waals surface area contributed by atoms with Crippen molar-refractivity contribution in [3.05, 3.63) is 96.4 Å². The maximum Gasteiger partial charge on any atom is 0.335 e. The molecule has 0 aromatic heterocycles. The molecule has 0 unspecified atom stereocenters. The van der Waals surface area contributed by atoms with Crippen molar-refractivity contribution in [3.63, 3.8) is 0 Å². The molecule has 1 amide bonds. The van der Waals surface area contributed by atoms with Gasteiger partial charge in [0.1, 0.15) is 17.0 Å². The van der Waals surface area contributed by atoms with Gasteiger partial charge in [0.25, 0.3) is 5.91 Å². The molecule has 0 saturated carbocycles. The van der Waals surface area contributed by atoms with E-state index in [-0.39, 0.29) is 0 Å². The molecule has 1 heterocycles. The highest BCUT2D eigenvalue weighted by atomic mass is 16.5. The van der Waals surface area contributed by atoms with Crippen molar-refractivity contribution in [3.8, 4) is 17.2 Å². The Morgan fingerprint density at radius 3 is 2.43 bits per heavy atom. The Balaban J connectivity index is 1.62. The van der Waals surface area contributed by atoms with Gasteiger partial charge in [0.05, 0.1) is 5.36 Å². The third-order valence-electron chi connectivity index (χ3n) is 6.19. The van der Waals surface area contributed by atoms with Gasteiger partial charge in [-0.2, -0.15) is 0 Å². The number of anilines is 1. The average molecular weight is 492 g/mol. The highest BCUT2D eigenvalue weighted by molar-refractivity contribution is 5.99. The van der Waals surface area contributed by atoms with Crippen LogP contribution in [0.1, 0.15) is 24.2 Å². The molecule has 3 aromatic carbocycles. The molecule has 0 radical (unpaired) electrons. The first-order chi connectivity index (χ1) is 18.0. The van der Waals surface area contributed by atoms with Crippen LogP contribution in [-0.4, -0.2) is 29.9 Å². The Hall–Kier alpha value is -4.78.